The summed E-state index contributed by atoms with van der Waals surface area (Å²) in [4.78, 5) is 6.52. The van der Waals surface area contributed by atoms with Crippen LogP contribution < -0.4 is 10.6 Å². The van der Waals surface area contributed by atoms with Crippen LogP contribution in [-0.4, -0.2) is 24.1 Å². The molecule has 1 aromatic rings. The van der Waals surface area contributed by atoms with Crippen molar-refractivity contribution in [3.8, 4) is 6.07 Å². The van der Waals surface area contributed by atoms with E-state index >= 15 is 0 Å². The fraction of sp³-hybridized carbons (Fsp3) is 0.455. The van der Waals surface area contributed by atoms with Gasteiger partial charge in [-0.25, -0.2) is 4.98 Å². The van der Waals surface area contributed by atoms with E-state index < -0.39 is 0 Å². The molecule has 0 bridgehead atoms. The van der Waals surface area contributed by atoms with Gasteiger partial charge in [0.25, 0.3) is 0 Å². The second-order valence-corrected chi connectivity index (χ2v) is 4.33. The van der Waals surface area contributed by atoms with Crippen molar-refractivity contribution in [2.24, 2.45) is 17.6 Å². The summed E-state index contributed by atoms with van der Waals surface area (Å²) < 4.78 is 0. The van der Waals surface area contributed by atoms with Crippen molar-refractivity contribution in [2.45, 2.75) is 6.04 Å². The minimum Gasteiger partial charge on any atom is -0.356 e. The quantitative estimate of drug-likeness (QED) is 0.710. The zero-order valence-corrected chi connectivity index (χ0v) is 8.30. The van der Waals surface area contributed by atoms with Crippen molar-refractivity contribution in [3.05, 3.63) is 23.9 Å². The minimum absolute atomic E-state index is 0.416. The summed E-state index contributed by atoms with van der Waals surface area (Å²) in [5.74, 6) is 2.30. The van der Waals surface area contributed by atoms with Gasteiger partial charge in [-0.3, -0.25) is 0 Å². The third-order valence-electron chi connectivity index (χ3n) is 3.46. The predicted molar refractivity (Wildman–Crippen MR) is 56.1 cm³/mol. The zero-order valence-electron chi connectivity index (χ0n) is 8.30. The second-order valence-electron chi connectivity index (χ2n) is 4.33. The maximum absolute atomic E-state index is 8.66. The Labute approximate surface area is 88.3 Å². The summed E-state index contributed by atoms with van der Waals surface area (Å²) in [6.07, 6.45) is 1.62. The molecular weight excluding hydrogens is 188 g/mol. The van der Waals surface area contributed by atoms with E-state index in [2.05, 4.69) is 16.0 Å². The molecule has 2 fully saturated rings. The van der Waals surface area contributed by atoms with Gasteiger partial charge in [-0.1, -0.05) is 0 Å². The Kier molecular flexibility index (Phi) is 1.70. The number of aromatic nitrogens is 1. The summed E-state index contributed by atoms with van der Waals surface area (Å²) in [5, 5.41) is 8.66. The summed E-state index contributed by atoms with van der Waals surface area (Å²) in [5.41, 5.74) is 6.48. The van der Waals surface area contributed by atoms with Gasteiger partial charge in [0.1, 0.15) is 11.9 Å². The van der Waals surface area contributed by atoms with Crippen molar-refractivity contribution in [1.29, 1.82) is 5.26 Å². The average molecular weight is 200 g/mol. The van der Waals surface area contributed by atoms with Crippen molar-refractivity contribution in [3.63, 3.8) is 0 Å². The molecule has 4 nitrogen and oxygen atoms in total. The third-order valence-corrected chi connectivity index (χ3v) is 3.46. The van der Waals surface area contributed by atoms with E-state index in [4.69, 9.17) is 11.0 Å². The molecule has 76 valence electrons. The van der Waals surface area contributed by atoms with E-state index in [1.54, 1.807) is 6.20 Å². The highest BCUT2D eigenvalue weighted by Gasteiger charge is 2.53. The van der Waals surface area contributed by atoms with Crippen LogP contribution in [0.25, 0.3) is 0 Å². The van der Waals surface area contributed by atoms with Gasteiger partial charge in [0, 0.05) is 25.3 Å². The molecule has 2 unspecified atom stereocenters. The Bertz CT molecular complexity index is 407. The lowest BCUT2D eigenvalue weighted by Gasteiger charge is -2.19. The first-order chi connectivity index (χ1) is 7.29. The number of nitriles is 1. The van der Waals surface area contributed by atoms with E-state index in [1.807, 2.05) is 12.1 Å². The number of rotatable bonds is 1. The topological polar surface area (TPSA) is 65.9 Å². The molecule has 0 spiro atoms. The van der Waals surface area contributed by atoms with Crippen LogP contribution in [0.5, 0.6) is 0 Å². The summed E-state index contributed by atoms with van der Waals surface area (Å²) in [6.45, 7) is 2.04. The molecule has 1 saturated carbocycles. The van der Waals surface area contributed by atoms with E-state index in [1.165, 1.54) is 0 Å². The second kappa shape index (κ2) is 2.94. The SMILES string of the molecule is N#Cc1ccc(N2CC3C(N)[C@H]3C2)nc1. The molecule has 2 aliphatic rings. The maximum Gasteiger partial charge on any atom is 0.128 e. The lowest BCUT2D eigenvalue weighted by molar-refractivity contribution is 0.735. The fourth-order valence-corrected chi connectivity index (χ4v) is 2.40. The number of anilines is 1. The summed E-state index contributed by atoms with van der Waals surface area (Å²) in [7, 11) is 0. The Morgan fingerprint density at radius 1 is 1.40 bits per heavy atom. The molecule has 1 aromatic heterocycles. The Morgan fingerprint density at radius 2 is 2.13 bits per heavy atom. The number of hydrogen-bond donors (Lipinski definition) is 1. The molecule has 1 saturated heterocycles. The molecule has 15 heavy (non-hydrogen) atoms. The van der Waals surface area contributed by atoms with Crippen LogP contribution in [-0.2, 0) is 0 Å². The zero-order chi connectivity index (χ0) is 10.4. The number of nitrogens with two attached hydrogens (primary N) is 1. The van der Waals surface area contributed by atoms with Crippen LogP contribution in [0.4, 0.5) is 5.82 Å². The number of nitrogens with zero attached hydrogens (tertiary/aromatic N) is 3. The molecular formula is C11H12N4. The van der Waals surface area contributed by atoms with Crippen molar-refractivity contribution >= 4 is 5.82 Å². The van der Waals surface area contributed by atoms with Crippen molar-refractivity contribution < 1.29 is 0 Å². The summed E-state index contributed by atoms with van der Waals surface area (Å²) >= 11 is 0. The monoisotopic (exact) mass is 200 g/mol. The van der Waals surface area contributed by atoms with Crippen LogP contribution >= 0.6 is 0 Å². The Morgan fingerprint density at radius 3 is 2.67 bits per heavy atom. The van der Waals surface area contributed by atoms with Crippen molar-refractivity contribution in [2.75, 3.05) is 18.0 Å². The molecule has 2 heterocycles. The summed E-state index contributed by atoms with van der Waals surface area (Å²) in [6, 6.07) is 6.21. The highest BCUT2D eigenvalue weighted by molar-refractivity contribution is 5.45. The van der Waals surface area contributed by atoms with E-state index in [0.717, 1.165) is 18.9 Å². The van der Waals surface area contributed by atoms with Crippen molar-refractivity contribution in [1.82, 2.24) is 4.98 Å². The first kappa shape index (κ1) is 8.69. The van der Waals surface area contributed by atoms with Gasteiger partial charge in [-0.05, 0) is 24.0 Å². The van der Waals surface area contributed by atoms with E-state index in [9.17, 15) is 0 Å². The van der Waals surface area contributed by atoms with Crippen LogP contribution in [0, 0.1) is 23.2 Å². The molecule has 1 aliphatic carbocycles. The number of hydrogen-bond acceptors (Lipinski definition) is 4. The lowest BCUT2D eigenvalue weighted by Crippen LogP contribution is -2.28. The Hall–Kier alpha value is -1.60. The van der Waals surface area contributed by atoms with Gasteiger partial charge in [0.2, 0.25) is 0 Å². The molecule has 3 atom stereocenters. The molecule has 3 rings (SSSR count). The van der Waals surface area contributed by atoms with Gasteiger partial charge in [0.05, 0.1) is 5.56 Å². The smallest absolute Gasteiger partial charge is 0.128 e. The standard InChI is InChI=1S/C11H12N4/c12-3-7-1-2-10(14-4-7)15-5-8-9(6-15)11(8)13/h1-2,4,8-9,11H,5-6,13H2/t8-,9?,11?/m0/s1. The fourth-order valence-electron chi connectivity index (χ4n) is 2.40. The molecule has 0 radical (unpaired) electrons. The molecule has 1 aliphatic heterocycles. The highest BCUT2D eigenvalue weighted by Crippen LogP contribution is 2.44. The first-order valence-corrected chi connectivity index (χ1v) is 5.16. The van der Waals surface area contributed by atoms with Crippen LogP contribution in [0.1, 0.15) is 5.56 Å². The highest BCUT2D eigenvalue weighted by atomic mass is 15.2. The largest absolute Gasteiger partial charge is 0.356 e. The first-order valence-electron chi connectivity index (χ1n) is 5.16. The van der Waals surface area contributed by atoms with Gasteiger partial charge in [-0.2, -0.15) is 5.26 Å². The van der Waals surface area contributed by atoms with Crippen LogP contribution in [0.2, 0.25) is 0 Å². The normalized spacial score (nSPS) is 32.3. The maximum atomic E-state index is 8.66. The third kappa shape index (κ3) is 1.28. The average Bonchev–Trinajstić information content (AvgIpc) is 2.74. The van der Waals surface area contributed by atoms with Gasteiger partial charge in [0.15, 0.2) is 0 Å². The van der Waals surface area contributed by atoms with Crippen LogP contribution in [0.3, 0.4) is 0 Å². The van der Waals surface area contributed by atoms with Gasteiger partial charge >= 0.3 is 0 Å². The van der Waals surface area contributed by atoms with Crippen LogP contribution in [0.15, 0.2) is 18.3 Å². The number of pyridine rings is 1. The number of piperidine rings is 1. The molecule has 0 aromatic carbocycles. The van der Waals surface area contributed by atoms with E-state index in [0.29, 0.717) is 23.4 Å². The number of fused-ring (bicyclic) bond motifs is 1. The lowest BCUT2D eigenvalue weighted by atomic mass is 10.3. The minimum atomic E-state index is 0.416. The molecule has 4 heteroatoms. The van der Waals surface area contributed by atoms with Gasteiger partial charge < -0.3 is 10.6 Å². The van der Waals surface area contributed by atoms with Gasteiger partial charge in [-0.15, -0.1) is 0 Å². The predicted octanol–water partition coefficient (Wildman–Crippen LogP) is 0.347. The Balaban J connectivity index is 1.75. The molecule has 2 N–H and O–H groups in total. The molecule has 0 amide bonds. The van der Waals surface area contributed by atoms with E-state index in [-0.39, 0.29) is 0 Å².